The Kier molecular flexibility index (Phi) is 5.77. The molecule has 0 unspecified atom stereocenters. The smallest absolute Gasteiger partial charge is 0.101 e. The highest BCUT2D eigenvalue weighted by molar-refractivity contribution is 5.84. The number of nitrogens with zero attached hydrogens (tertiary/aromatic N) is 2. The largest absolute Gasteiger partial charge is 0.363 e. The molecule has 2 heteroatoms. The zero-order valence-corrected chi connectivity index (χ0v) is 9.09. The summed E-state index contributed by atoms with van der Waals surface area (Å²) in [5, 5.41) is 0. The van der Waals surface area contributed by atoms with Gasteiger partial charge in [0.15, 0.2) is 0 Å². The van der Waals surface area contributed by atoms with Crippen LogP contribution in [-0.2, 0) is 0 Å². The van der Waals surface area contributed by atoms with E-state index in [0.29, 0.717) is 5.92 Å². The van der Waals surface area contributed by atoms with Gasteiger partial charge in [0.2, 0.25) is 0 Å². The van der Waals surface area contributed by atoms with Crippen molar-refractivity contribution in [2.45, 2.75) is 33.6 Å². The van der Waals surface area contributed by atoms with Crippen LogP contribution in [0.1, 0.15) is 33.6 Å². The molecule has 0 aliphatic heterocycles. The molecule has 0 aliphatic carbocycles. The van der Waals surface area contributed by atoms with Gasteiger partial charge in [0, 0.05) is 26.6 Å². The van der Waals surface area contributed by atoms with Gasteiger partial charge in [0.25, 0.3) is 0 Å². The molecule has 0 aliphatic rings. The van der Waals surface area contributed by atoms with Gasteiger partial charge in [-0.3, -0.25) is 4.99 Å². The summed E-state index contributed by atoms with van der Waals surface area (Å²) in [6.45, 7) is 7.66. The molecule has 0 bridgehead atoms. The fourth-order valence-corrected chi connectivity index (χ4v) is 1.48. The standard InChI is InChI=1S/C10H22N2/c1-6-9(7-2)10(11-4)12(5)8-3/h9H,6-8H2,1-5H3/b11-10-. The zero-order valence-electron chi connectivity index (χ0n) is 9.09. The third-order valence-corrected chi connectivity index (χ3v) is 2.45. The predicted octanol–water partition coefficient (Wildman–Crippen LogP) is 2.40. The van der Waals surface area contributed by atoms with E-state index in [4.69, 9.17) is 0 Å². The van der Waals surface area contributed by atoms with Gasteiger partial charge < -0.3 is 4.90 Å². The van der Waals surface area contributed by atoms with Crippen LogP contribution in [-0.4, -0.2) is 31.4 Å². The summed E-state index contributed by atoms with van der Waals surface area (Å²) in [6.07, 6.45) is 2.38. The van der Waals surface area contributed by atoms with Gasteiger partial charge in [-0.25, -0.2) is 0 Å². The molecule has 0 fully saturated rings. The fourth-order valence-electron chi connectivity index (χ4n) is 1.48. The lowest BCUT2D eigenvalue weighted by Gasteiger charge is -2.25. The van der Waals surface area contributed by atoms with Crippen molar-refractivity contribution in [2.75, 3.05) is 20.6 Å². The lowest BCUT2D eigenvalue weighted by atomic mass is 10.0. The lowest BCUT2D eigenvalue weighted by molar-refractivity contribution is 0.472. The molecule has 0 amide bonds. The van der Waals surface area contributed by atoms with Gasteiger partial charge in [-0.1, -0.05) is 13.8 Å². The van der Waals surface area contributed by atoms with Crippen molar-refractivity contribution in [3.8, 4) is 0 Å². The second kappa shape index (κ2) is 6.04. The van der Waals surface area contributed by atoms with Crippen molar-refractivity contribution in [1.29, 1.82) is 0 Å². The lowest BCUT2D eigenvalue weighted by Crippen LogP contribution is -2.32. The van der Waals surface area contributed by atoms with Crippen molar-refractivity contribution in [1.82, 2.24) is 4.90 Å². The summed E-state index contributed by atoms with van der Waals surface area (Å²) in [7, 11) is 4.00. The minimum Gasteiger partial charge on any atom is -0.363 e. The average molecular weight is 170 g/mol. The topological polar surface area (TPSA) is 15.6 Å². The van der Waals surface area contributed by atoms with E-state index in [2.05, 4.69) is 37.7 Å². The highest BCUT2D eigenvalue weighted by Crippen LogP contribution is 2.12. The third kappa shape index (κ3) is 2.84. The first kappa shape index (κ1) is 11.5. The zero-order chi connectivity index (χ0) is 9.56. The van der Waals surface area contributed by atoms with Crippen molar-refractivity contribution in [3.05, 3.63) is 0 Å². The number of hydrogen-bond donors (Lipinski definition) is 0. The second-order valence-electron chi connectivity index (χ2n) is 3.11. The summed E-state index contributed by atoms with van der Waals surface area (Å²) in [6, 6.07) is 0. The maximum atomic E-state index is 4.34. The molecule has 12 heavy (non-hydrogen) atoms. The molecule has 0 aromatic heterocycles. The molecule has 0 aromatic carbocycles. The van der Waals surface area contributed by atoms with Crippen molar-refractivity contribution in [2.24, 2.45) is 10.9 Å². The summed E-state index contributed by atoms with van der Waals surface area (Å²) in [5.41, 5.74) is 0. The highest BCUT2D eigenvalue weighted by atomic mass is 15.2. The molecule has 0 atom stereocenters. The number of amidine groups is 1. The van der Waals surface area contributed by atoms with Gasteiger partial charge >= 0.3 is 0 Å². The highest BCUT2D eigenvalue weighted by Gasteiger charge is 2.13. The Labute approximate surface area is 76.7 Å². The van der Waals surface area contributed by atoms with Crippen molar-refractivity contribution < 1.29 is 0 Å². The van der Waals surface area contributed by atoms with Gasteiger partial charge in [0.05, 0.1) is 0 Å². The normalized spacial score (nSPS) is 12.3. The minimum atomic E-state index is 0.639. The first-order chi connectivity index (χ1) is 5.71. The molecule has 0 N–H and O–H groups in total. The molecular formula is C10H22N2. The van der Waals surface area contributed by atoms with Crippen LogP contribution in [0, 0.1) is 5.92 Å². The van der Waals surface area contributed by atoms with Gasteiger partial charge in [-0.2, -0.15) is 0 Å². The Bertz CT molecular complexity index is 137. The molecule has 0 heterocycles. The molecule has 0 rings (SSSR count). The van der Waals surface area contributed by atoms with Crippen LogP contribution in [0.25, 0.3) is 0 Å². The van der Waals surface area contributed by atoms with Crippen LogP contribution in [0.2, 0.25) is 0 Å². The van der Waals surface area contributed by atoms with E-state index in [1.807, 2.05) is 7.05 Å². The summed E-state index contributed by atoms with van der Waals surface area (Å²) in [4.78, 5) is 6.58. The van der Waals surface area contributed by atoms with Gasteiger partial charge in [-0.15, -0.1) is 0 Å². The predicted molar refractivity (Wildman–Crippen MR) is 55.7 cm³/mol. The molecule has 0 radical (unpaired) electrons. The Balaban J connectivity index is 4.32. The molecule has 0 spiro atoms. The minimum absolute atomic E-state index is 0.639. The van der Waals surface area contributed by atoms with Crippen molar-refractivity contribution in [3.63, 3.8) is 0 Å². The number of aliphatic imine (C=N–C) groups is 1. The van der Waals surface area contributed by atoms with E-state index in [0.717, 1.165) is 6.54 Å². The van der Waals surface area contributed by atoms with Crippen molar-refractivity contribution >= 4 is 5.84 Å². The second-order valence-corrected chi connectivity index (χ2v) is 3.11. The van der Waals surface area contributed by atoms with Crippen LogP contribution in [0.15, 0.2) is 4.99 Å². The van der Waals surface area contributed by atoms with E-state index in [1.54, 1.807) is 0 Å². The maximum Gasteiger partial charge on any atom is 0.101 e. The molecule has 0 aromatic rings. The first-order valence-electron chi connectivity index (χ1n) is 4.88. The van der Waals surface area contributed by atoms with Crippen LogP contribution in [0.4, 0.5) is 0 Å². The Morgan fingerprint density at radius 2 is 1.75 bits per heavy atom. The maximum absolute atomic E-state index is 4.34. The Morgan fingerprint density at radius 3 is 2.00 bits per heavy atom. The first-order valence-corrected chi connectivity index (χ1v) is 4.88. The molecular weight excluding hydrogens is 148 g/mol. The van der Waals surface area contributed by atoms with Gasteiger partial charge in [-0.05, 0) is 19.8 Å². The monoisotopic (exact) mass is 170 g/mol. The Hall–Kier alpha value is -0.530. The fraction of sp³-hybridized carbons (Fsp3) is 0.900. The molecule has 72 valence electrons. The molecule has 2 nitrogen and oxygen atoms in total. The van der Waals surface area contributed by atoms with Crippen LogP contribution >= 0.6 is 0 Å². The van der Waals surface area contributed by atoms with E-state index in [1.165, 1.54) is 18.7 Å². The van der Waals surface area contributed by atoms with Crippen LogP contribution in [0.3, 0.4) is 0 Å². The van der Waals surface area contributed by atoms with Gasteiger partial charge in [0.1, 0.15) is 5.84 Å². The van der Waals surface area contributed by atoms with Crippen LogP contribution in [0.5, 0.6) is 0 Å². The summed E-state index contributed by atoms with van der Waals surface area (Å²) in [5.74, 6) is 1.89. The van der Waals surface area contributed by atoms with Crippen LogP contribution < -0.4 is 0 Å². The summed E-state index contributed by atoms with van der Waals surface area (Å²) >= 11 is 0. The van der Waals surface area contributed by atoms with E-state index in [9.17, 15) is 0 Å². The quantitative estimate of drug-likeness (QED) is 0.467. The third-order valence-electron chi connectivity index (χ3n) is 2.45. The molecule has 0 saturated carbocycles. The van der Waals surface area contributed by atoms with E-state index < -0.39 is 0 Å². The number of rotatable bonds is 4. The summed E-state index contributed by atoms with van der Waals surface area (Å²) < 4.78 is 0. The molecule has 0 saturated heterocycles. The van der Waals surface area contributed by atoms with E-state index >= 15 is 0 Å². The Morgan fingerprint density at radius 1 is 1.25 bits per heavy atom. The SMILES string of the molecule is CCC(CC)/C(=N/C)N(C)CC. The van der Waals surface area contributed by atoms with E-state index in [-0.39, 0.29) is 0 Å². The average Bonchev–Trinajstić information content (AvgIpc) is 2.12. The number of hydrogen-bond acceptors (Lipinski definition) is 1.